The Labute approximate surface area is 155 Å². The van der Waals surface area contributed by atoms with Gasteiger partial charge in [-0.25, -0.2) is 0 Å². The molecule has 0 aliphatic rings. The van der Waals surface area contributed by atoms with E-state index in [0.717, 1.165) is 0 Å². The largest absolute Gasteiger partial charge is 0.496 e. The number of carbonyl (C=O) groups excluding carboxylic acids is 2. The minimum absolute atomic E-state index is 0.0570. The van der Waals surface area contributed by atoms with E-state index in [1.165, 1.54) is 14.0 Å². The minimum Gasteiger partial charge on any atom is -0.496 e. The van der Waals surface area contributed by atoms with Gasteiger partial charge in [0, 0.05) is 21.3 Å². The number of anilines is 1. The molecular formula is C18H17Cl2NO4. The van der Waals surface area contributed by atoms with E-state index in [-0.39, 0.29) is 6.42 Å². The van der Waals surface area contributed by atoms with Crippen molar-refractivity contribution in [2.24, 2.45) is 0 Å². The van der Waals surface area contributed by atoms with E-state index in [1.807, 2.05) is 0 Å². The lowest BCUT2D eigenvalue weighted by molar-refractivity contribution is -0.152. The fourth-order valence-corrected chi connectivity index (χ4v) is 2.53. The first-order valence-corrected chi connectivity index (χ1v) is 8.23. The van der Waals surface area contributed by atoms with Gasteiger partial charge in [-0.1, -0.05) is 29.3 Å². The third-order valence-corrected chi connectivity index (χ3v) is 3.82. The van der Waals surface area contributed by atoms with Crippen LogP contribution in [0.15, 0.2) is 42.5 Å². The highest BCUT2D eigenvalue weighted by molar-refractivity contribution is 6.31. The van der Waals surface area contributed by atoms with Gasteiger partial charge < -0.3 is 14.8 Å². The molecule has 0 saturated carbocycles. The maximum Gasteiger partial charge on any atom is 0.311 e. The SMILES string of the molecule is COc1ccc(Cl)cc1CC(=O)O[C@H](C)C(=O)Nc1cccc(Cl)c1. The molecule has 0 fully saturated rings. The van der Waals surface area contributed by atoms with Crippen LogP contribution in [0.5, 0.6) is 5.75 Å². The van der Waals surface area contributed by atoms with Crippen LogP contribution in [0.1, 0.15) is 12.5 Å². The van der Waals surface area contributed by atoms with Crippen LogP contribution in [0, 0.1) is 0 Å². The van der Waals surface area contributed by atoms with Crippen molar-refractivity contribution in [1.82, 2.24) is 0 Å². The average molecular weight is 382 g/mol. The van der Waals surface area contributed by atoms with Gasteiger partial charge in [0.2, 0.25) is 0 Å². The maximum atomic E-state index is 12.1. The molecule has 0 aliphatic carbocycles. The number of nitrogens with one attached hydrogen (secondary N) is 1. The molecule has 7 heteroatoms. The third-order valence-electron chi connectivity index (χ3n) is 3.35. The van der Waals surface area contributed by atoms with Gasteiger partial charge in [-0.2, -0.15) is 0 Å². The number of rotatable bonds is 6. The molecule has 0 aromatic heterocycles. The number of benzene rings is 2. The van der Waals surface area contributed by atoms with Crippen molar-refractivity contribution in [1.29, 1.82) is 0 Å². The molecule has 0 bridgehead atoms. The molecule has 1 N–H and O–H groups in total. The first-order valence-electron chi connectivity index (χ1n) is 7.47. The van der Waals surface area contributed by atoms with Gasteiger partial charge in [-0.15, -0.1) is 0 Å². The Bertz CT molecular complexity index is 779. The molecule has 1 atom stereocenters. The number of esters is 1. The first-order chi connectivity index (χ1) is 11.9. The number of carbonyl (C=O) groups is 2. The van der Waals surface area contributed by atoms with Gasteiger partial charge in [-0.05, 0) is 43.3 Å². The van der Waals surface area contributed by atoms with Crippen molar-refractivity contribution in [2.75, 3.05) is 12.4 Å². The number of amides is 1. The molecular weight excluding hydrogens is 365 g/mol. The topological polar surface area (TPSA) is 64.6 Å². The summed E-state index contributed by atoms with van der Waals surface area (Å²) in [6.45, 7) is 1.49. The minimum atomic E-state index is -0.961. The van der Waals surface area contributed by atoms with E-state index in [2.05, 4.69) is 5.32 Å². The van der Waals surface area contributed by atoms with Crippen LogP contribution >= 0.6 is 23.2 Å². The number of hydrogen-bond donors (Lipinski definition) is 1. The first kappa shape index (κ1) is 19.1. The summed E-state index contributed by atoms with van der Waals surface area (Å²) in [7, 11) is 1.50. The average Bonchev–Trinajstić information content (AvgIpc) is 2.55. The van der Waals surface area contributed by atoms with Gasteiger partial charge in [-0.3, -0.25) is 9.59 Å². The van der Waals surface area contributed by atoms with E-state index in [4.69, 9.17) is 32.7 Å². The Morgan fingerprint density at radius 2 is 1.84 bits per heavy atom. The fourth-order valence-electron chi connectivity index (χ4n) is 2.14. The van der Waals surface area contributed by atoms with E-state index in [1.54, 1.807) is 42.5 Å². The summed E-state index contributed by atoms with van der Waals surface area (Å²) < 4.78 is 10.4. The Morgan fingerprint density at radius 1 is 1.12 bits per heavy atom. The summed E-state index contributed by atoms with van der Waals surface area (Å²) in [5.41, 5.74) is 1.11. The molecule has 2 aromatic rings. The van der Waals surface area contributed by atoms with Gasteiger partial charge in [0.05, 0.1) is 13.5 Å². The van der Waals surface area contributed by atoms with Gasteiger partial charge in [0.1, 0.15) is 5.75 Å². The summed E-state index contributed by atoms with van der Waals surface area (Å²) in [5, 5.41) is 3.61. The summed E-state index contributed by atoms with van der Waals surface area (Å²) in [4.78, 5) is 24.2. The smallest absolute Gasteiger partial charge is 0.311 e. The zero-order chi connectivity index (χ0) is 18.4. The lowest BCUT2D eigenvalue weighted by Crippen LogP contribution is -2.30. The second kappa shape index (κ2) is 8.74. The molecule has 0 spiro atoms. The molecule has 132 valence electrons. The van der Waals surface area contributed by atoms with Crippen LogP contribution < -0.4 is 10.1 Å². The van der Waals surface area contributed by atoms with Crippen LogP contribution in [-0.4, -0.2) is 25.1 Å². The molecule has 5 nitrogen and oxygen atoms in total. The maximum absolute atomic E-state index is 12.1. The van der Waals surface area contributed by atoms with Crippen molar-refractivity contribution in [3.8, 4) is 5.75 Å². The van der Waals surface area contributed by atoms with Crippen LogP contribution in [-0.2, 0) is 20.7 Å². The molecule has 0 unspecified atom stereocenters. The highest BCUT2D eigenvalue weighted by Crippen LogP contribution is 2.23. The Balaban J connectivity index is 1.95. The summed E-state index contributed by atoms with van der Waals surface area (Å²) >= 11 is 11.8. The lowest BCUT2D eigenvalue weighted by atomic mass is 10.1. The molecule has 2 rings (SSSR count). The normalized spacial score (nSPS) is 11.5. The molecule has 0 radical (unpaired) electrons. The molecule has 25 heavy (non-hydrogen) atoms. The fraction of sp³-hybridized carbons (Fsp3) is 0.222. The monoisotopic (exact) mass is 381 g/mol. The predicted octanol–water partition coefficient (Wildman–Crippen LogP) is 4.11. The van der Waals surface area contributed by atoms with E-state index in [9.17, 15) is 9.59 Å². The Kier molecular flexibility index (Phi) is 6.67. The zero-order valence-corrected chi connectivity index (χ0v) is 15.2. The number of ether oxygens (including phenoxy) is 2. The van der Waals surface area contributed by atoms with Gasteiger partial charge in [0.15, 0.2) is 6.10 Å². The Morgan fingerprint density at radius 3 is 2.52 bits per heavy atom. The van der Waals surface area contributed by atoms with Crippen molar-refractivity contribution in [2.45, 2.75) is 19.4 Å². The standard InChI is InChI=1S/C18H17Cl2NO4/c1-11(18(23)21-15-5-3-4-13(19)10-15)25-17(22)9-12-8-14(20)6-7-16(12)24-2/h3-8,10-11H,9H2,1-2H3,(H,21,23)/t11-/m1/s1. The molecule has 1 amide bonds. The summed E-state index contributed by atoms with van der Waals surface area (Å²) in [5.74, 6) is -0.486. The van der Waals surface area contributed by atoms with Gasteiger partial charge in [0.25, 0.3) is 5.91 Å². The second-order valence-electron chi connectivity index (χ2n) is 5.26. The van der Waals surface area contributed by atoms with Crippen LogP contribution in [0.3, 0.4) is 0 Å². The third kappa shape index (κ3) is 5.66. The van der Waals surface area contributed by atoms with Crippen molar-refractivity contribution in [3.63, 3.8) is 0 Å². The zero-order valence-electron chi connectivity index (χ0n) is 13.7. The van der Waals surface area contributed by atoms with E-state index in [0.29, 0.717) is 27.0 Å². The van der Waals surface area contributed by atoms with Crippen LogP contribution in [0.2, 0.25) is 10.0 Å². The van der Waals surface area contributed by atoms with Crippen molar-refractivity contribution in [3.05, 3.63) is 58.1 Å². The number of halogens is 2. The highest BCUT2D eigenvalue weighted by atomic mass is 35.5. The Hall–Kier alpha value is -2.24. The highest BCUT2D eigenvalue weighted by Gasteiger charge is 2.19. The quantitative estimate of drug-likeness (QED) is 0.764. The van der Waals surface area contributed by atoms with Gasteiger partial charge >= 0.3 is 5.97 Å². The number of hydrogen-bond acceptors (Lipinski definition) is 4. The van der Waals surface area contributed by atoms with Crippen molar-refractivity contribution >= 4 is 40.8 Å². The molecule has 0 aliphatic heterocycles. The molecule has 2 aromatic carbocycles. The lowest BCUT2D eigenvalue weighted by Gasteiger charge is -2.14. The molecule has 0 saturated heterocycles. The second-order valence-corrected chi connectivity index (χ2v) is 6.14. The van der Waals surface area contributed by atoms with Crippen LogP contribution in [0.25, 0.3) is 0 Å². The predicted molar refractivity (Wildman–Crippen MR) is 97.3 cm³/mol. The molecule has 0 heterocycles. The van der Waals surface area contributed by atoms with Crippen molar-refractivity contribution < 1.29 is 19.1 Å². The number of methoxy groups -OCH3 is 1. The van der Waals surface area contributed by atoms with E-state index < -0.39 is 18.0 Å². The summed E-state index contributed by atoms with van der Waals surface area (Å²) in [6, 6.07) is 11.6. The summed E-state index contributed by atoms with van der Waals surface area (Å²) in [6.07, 6.45) is -1.02. The van der Waals surface area contributed by atoms with E-state index >= 15 is 0 Å². The van der Waals surface area contributed by atoms with Crippen LogP contribution in [0.4, 0.5) is 5.69 Å².